The Morgan fingerprint density at radius 1 is 1.22 bits per heavy atom. The van der Waals surface area contributed by atoms with Gasteiger partial charge in [0.05, 0.1) is 0 Å². The van der Waals surface area contributed by atoms with Gasteiger partial charge in [-0.05, 0) is 18.6 Å². The van der Waals surface area contributed by atoms with Crippen LogP contribution in [-0.2, 0) is 25.8 Å². The van der Waals surface area contributed by atoms with Crippen LogP contribution in [0, 0.1) is 6.92 Å². The third-order valence-corrected chi connectivity index (χ3v) is 11.5. The number of carboxylic acids is 1. The maximum Gasteiger partial charge on any atom is 0.352 e. The molecule has 21 nitrogen and oxygen atoms in total. The van der Waals surface area contributed by atoms with Gasteiger partial charge < -0.3 is 40.6 Å². The average molecular weight is 815 g/mol. The van der Waals surface area contributed by atoms with Crippen molar-refractivity contribution in [2.45, 2.75) is 35.2 Å². The Morgan fingerprint density at radius 3 is 2.80 bits per heavy atom. The molecule has 0 aliphatic carbocycles. The summed E-state index contributed by atoms with van der Waals surface area (Å²) in [6, 6.07) is 1.82. The van der Waals surface area contributed by atoms with Crippen molar-refractivity contribution in [3.05, 3.63) is 62.4 Å². The number of aliphatic hydroxyl groups excluding tert-OH is 1. The first kappa shape index (κ1) is 36.8. The second-order valence-corrected chi connectivity index (χ2v) is 15.2. The molecule has 2 amide bonds. The lowest BCUT2D eigenvalue weighted by Gasteiger charge is -2.49. The molecule has 2 aliphatic heterocycles. The lowest BCUT2D eigenvalue weighted by Crippen LogP contribution is -2.71. The number of H-pyrrole nitrogens is 1. The minimum Gasteiger partial charge on any atom is -0.503 e. The number of anilines is 1. The Bertz CT molecular complexity index is 2410. The second-order valence-electron chi connectivity index (χ2n) is 11.2. The highest BCUT2D eigenvalue weighted by Gasteiger charge is 2.54. The first-order valence-electron chi connectivity index (χ1n) is 15.5. The van der Waals surface area contributed by atoms with Crippen molar-refractivity contribution in [1.29, 1.82) is 0 Å². The number of amides is 2. The number of hydrogen-bond donors (Lipinski definition) is 6. The summed E-state index contributed by atoms with van der Waals surface area (Å²) in [5.41, 5.74) is 6.24. The van der Waals surface area contributed by atoms with Crippen molar-refractivity contribution in [2.24, 2.45) is 5.16 Å². The van der Waals surface area contributed by atoms with Crippen LogP contribution in [-0.4, -0.2) is 119 Å². The molecule has 5 aromatic heterocycles. The quantitative estimate of drug-likeness (QED) is 0.0221. The van der Waals surface area contributed by atoms with E-state index in [-0.39, 0.29) is 75.3 Å². The number of nitrogens with zero attached hydrogens (tertiary/aromatic N) is 9. The van der Waals surface area contributed by atoms with Gasteiger partial charge in [-0.1, -0.05) is 16.9 Å². The number of rotatable bonds is 14. The summed E-state index contributed by atoms with van der Waals surface area (Å²) in [6.07, 6.45) is 1.11. The number of oxime groups is 1. The zero-order valence-electron chi connectivity index (χ0n) is 27.5. The van der Waals surface area contributed by atoms with E-state index in [0.717, 1.165) is 40.3 Å². The molecule has 0 saturated carbocycles. The van der Waals surface area contributed by atoms with E-state index in [2.05, 4.69) is 45.7 Å². The SMILES string of the molecule is Cc1cc(SCC2=C(C(=O)O)N3C(=O)[C@@H](NC(=O)/C(=N\OCCSc4nnc(-c5cc(=O)c(O)c[nH]5)o4)c4csc(N)n4)[C@H]3SC2)n2nc(CO)nc2n1. The molecule has 25 heteroatoms. The van der Waals surface area contributed by atoms with Crippen LogP contribution in [0.2, 0.25) is 0 Å². The van der Waals surface area contributed by atoms with Gasteiger partial charge in [0.15, 0.2) is 22.4 Å². The molecule has 7 rings (SSSR count). The molecule has 2 atom stereocenters. The summed E-state index contributed by atoms with van der Waals surface area (Å²) in [4.78, 5) is 73.0. The van der Waals surface area contributed by atoms with Crippen LogP contribution >= 0.6 is 46.6 Å². The smallest absolute Gasteiger partial charge is 0.352 e. The number of pyridine rings is 1. The third kappa shape index (κ3) is 7.47. The molecule has 0 bridgehead atoms. The number of carbonyl (C=O) groups is 3. The van der Waals surface area contributed by atoms with E-state index in [4.69, 9.17) is 15.0 Å². The monoisotopic (exact) mass is 814 g/mol. The molecule has 1 fully saturated rings. The minimum absolute atomic E-state index is 0.0267. The van der Waals surface area contributed by atoms with E-state index >= 15 is 0 Å². The van der Waals surface area contributed by atoms with Crippen molar-refractivity contribution in [3.8, 4) is 17.3 Å². The number of fused-ring (bicyclic) bond motifs is 2. The number of nitrogens with one attached hydrogen (secondary N) is 2. The summed E-state index contributed by atoms with van der Waals surface area (Å²) < 4.78 is 6.99. The zero-order chi connectivity index (χ0) is 38.1. The molecule has 280 valence electrons. The Balaban J connectivity index is 0.992. The van der Waals surface area contributed by atoms with Crippen LogP contribution in [0.5, 0.6) is 5.75 Å². The number of carboxylic acid groups (broad SMARTS) is 1. The zero-order valence-corrected chi connectivity index (χ0v) is 30.8. The number of aliphatic carboxylic acids is 1. The minimum atomic E-state index is -1.29. The van der Waals surface area contributed by atoms with E-state index in [1.807, 2.05) is 0 Å². The number of β-lactam (4-membered cyclic amide) rings is 1. The number of carbonyl (C=O) groups excluding carboxylic acids is 2. The number of hydrogen-bond acceptors (Lipinski definition) is 20. The molecule has 2 aliphatic rings. The fourth-order valence-corrected chi connectivity index (χ4v) is 8.82. The van der Waals surface area contributed by atoms with E-state index in [9.17, 15) is 34.5 Å². The van der Waals surface area contributed by atoms with E-state index < -0.39 is 40.4 Å². The number of aryl methyl sites for hydroxylation is 1. The summed E-state index contributed by atoms with van der Waals surface area (Å²) in [6.45, 7) is 1.38. The largest absolute Gasteiger partial charge is 0.503 e. The van der Waals surface area contributed by atoms with Crippen LogP contribution in [0.15, 0.2) is 59.6 Å². The first-order valence-corrected chi connectivity index (χ1v) is 19.4. The Hall–Kier alpha value is -5.50. The Kier molecular flexibility index (Phi) is 10.5. The Labute approximate surface area is 318 Å². The molecule has 0 radical (unpaired) electrons. The molecule has 7 heterocycles. The summed E-state index contributed by atoms with van der Waals surface area (Å²) in [5, 5.41) is 49.4. The van der Waals surface area contributed by atoms with E-state index in [1.54, 1.807) is 13.0 Å². The maximum absolute atomic E-state index is 13.5. The highest BCUT2D eigenvalue weighted by molar-refractivity contribution is 8.01. The molecule has 1 saturated heterocycles. The molecule has 0 aromatic carbocycles. The molecule has 0 spiro atoms. The third-order valence-electron chi connectivity index (χ3n) is 7.59. The number of aromatic amines is 1. The molecule has 7 N–H and O–H groups in total. The number of nitrogens with two attached hydrogens (primary N) is 1. The van der Waals surface area contributed by atoms with Crippen molar-refractivity contribution in [2.75, 3.05) is 29.6 Å². The number of aliphatic hydroxyl groups is 1. The second kappa shape index (κ2) is 15.5. The number of aromatic hydroxyl groups is 1. The number of thioether (sulfide) groups is 3. The van der Waals surface area contributed by atoms with Gasteiger partial charge in [-0.25, -0.2) is 14.8 Å². The summed E-state index contributed by atoms with van der Waals surface area (Å²) >= 11 is 4.77. The fraction of sp³-hybridized carbons (Fsp3) is 0.276. The van der Waals surface area contributed by atoms with E-state index in [0.29, 0.717) is 22.1 Å². The average Bonchev–Trinajstić information content (AvgIpc) is 3.91. The van der Waals surface area contributed by atoms with Gasteiger partial charge in [0, 0.05) is 40.6 Å². The molecule has 0 unspecified atom stereocenters. The normalized spacial score (nSPS) is 17.1. The van der Waals surface area contributed by atoms with Crippen molar-refractivity contribution >= 4 is 81.0 Å². The van der Waals surface area contributed by atoms with Crippen molar-refractivity contribution in [1.82, 2.24) is 50.0 Å². The van der Waals surface area contributed by atoms with Gasteiger partial charge in [-0.15, -0.1) is 50.2 Å². The van der Waals surface area contributed by atoms with Crippen LogP contribution in [0.25, 0.3) is 17.4 Å². The highest BCUT2D eigenvalue weighted by Crippen LogP contribution is 2.41. The van der Waals surface area contributed by atoms with Gasteiger partial charge in [0.2, 0.25) is 5.43 Å². The van der Waals surface area contributed by atoms with Crippen LogP contribution in [0.4, 0.5) is 5.13 Å². The highest BCUT2D eigenvalue weighted by atomic mass is 32.2. The summed E-state index contributed by atoms with van der Waals surface area (Å²) in [7, 11) is 0. The van der Waals surface area contributed by atoms with Gasteiger partial charge in [0.1, 0.15) is 46.7 Å². The van der Waals surface area contributed by atoms with E-state index in [1.165, 1.54) is 33.4 Å². The standard InChI is InChI=1S/C29H26N12O9S4/c1-11-4-18(41-28(32-11)34-17(7-42)38-41)52-8-12-9-53-25-20(24(46)40(25)21(12)26(47)48)35-22(45)19(14-10-54-27(30)33-14)39-49-2-3-51-29-37-36-23(50-29)13-5-15(43)16(44)6-31-13/h4-6,10,20,25,42,44H,2-3,7-9H2,1H3,(H2,30,33)(H,31,43)(H,35,45)(H,47,48)/b39-19-/t20-,25-/m1/s1. The molecule has 5 aromatic rings. The number of thiazole rings is 1. The fourth-order valence-electron chi connectivity index (χ4n) is 5.17. The maximum atomic E-state index is 13.5. The van der Waals surface area contributed by atoms with Gasteiger partial charge in [-0.3, -0.25) is 19.3 Å². The first-order chi connectivity index (χ1) is 26.0. The molecule has 54 heavy (non-hydrogen) atoms. The topological polar surface area (TPSA) is 303 Å². The van der Waals surface area contributed by atoms with Gasteiger partial charge >= 0.3 is 5.97 Å². The van der Waals surface area contributed by atoms with Gasteiger partial charge in [-0.2, -0.15) is 9.50 Å². The van der Waals surface area contributed by atoms with Crippen molar-refractivity contribution < 1.29 is 39.0 Å². The van der Waals surface area contributed by atoms with Crippen LogP contribution < -0.4 is 16.5 Å². The number of nitrogen functional groups attached to an aromatic ring is 1. The van der Waals surface area contributed by atoms with Crippen LogP contribution in [0.3, 0.4) is 0 Å². The van der Waals surface area contributed by atoms with Gasteiger partial charge in [0.25, 0.3) is 28.7 Å². The Morgan fingerprint density at radius 2 is 2.06 bits per heavy atom. The molecular formula is C29H26N12O9S4. The molecular weight excluding hydrogens is 789 g/mol. The number of aromatic nitrogens is 8. The van der Waals surface area contributed by atoms with Crippen molar-refractivity contribution in [3.63, 3.8) is 0 Å². The predicted molar refractivity (Wildman–Crippen MR) is 194 cm³/mol. The summed E-state index contributed by atoms with van der Waals surface area (Å²) in [5.74, 6) is -1.91. The predicted octanol–water partition coefficient (Wildman–Crippen LogP) is 0.452. The van der Waals surface area contributed by atoms with Crippen LogP contribution in [0.1, 0.15) is 17.2 Å². The lowest BCUT2D eigenvalue weighted by atomic mass is 10.0. The lowest BCUT2D eigenvalue weighted by molar-refractivity contribution is -0.150.